The number of carbonyl (C=O) groups is 2. The third kappa shape index (κ3) is 6.17. The lowest BCUT2D eigenvalue weighted by Crippen LogP contribution is -2.38. The average Bonchev–Trinajstić information content (AvgIpc) is 3.49. The van der Waals surface area contributed by atoms with Crippen molar-refractivity contribution < 1.29 is 28.6 Å². The van der Waals surface area contributed by atoms with Crippen molar-refractivity contribution in [2.24, 2.45) is 0 Å². The normalized spacial score (nSPS) is 15.4. The van der Waals surface area contributed by atoms with Crippen LogP contribution in [0.2, 0.25) is 0 Å². The molecule has 2 heterocycles. The van der Waals surface area contributed by atoms with E-state index in [1.165, 1.54) is 0 Å². The molecule has 0 saturated carbocycles. The Morgan fingerprint density at radius 1 is 1.00 bits per heavy atom. The molecule has 1 aliphatic heterocycles. The van der Waals surface area contributed by atoms with Crippen LogP contribution in [-0.2, 0) is 11.4 Å². The highest BCUT2D eigenvalue weighted by molar-refractivity contribution is 6.15. The first kappa shape index (κ1) is 28.0. The molecule has 0 aliphatic carbocycles. The minimum atomic E-state index is -0.812. The van der Waals surface area contributed by atoms with Gasteiger partial charge < -0.3 is 28.8 Å². The van der Waals surface area contributed by atoms with Crippen LogP contribution in [0.5, 0.6) is 11.5 Å². The number of rotatable bonds is 13. The fraction of sp³-hybridized carbons (Fsp3) is 0.355. The van der Waals surface area contributed by atoms with Gasteiger partial charge in [-0.1, -0.05) is 50.2 Å². The molecule has 206 valence electrons. The van der Waals surface area contributed by atoms with Gasteiger partial charge in [-0.05, 0) is 62.3 Å². The molecule has 0 spiro atoms. The van der Waals surface area contributed by atoms with Gasteiger partial charge >= 0.3 is 0 Å². The van der Waals surface area contributed by atoms with Crippen molar-refractivity contribution in [1.82, 2.24) is 9.80 Å². The molecule has 8 heteroatoms. The third-order valence-electron chi connectivity index (χ3n) is 6.88. The van der Waals surface area contributed by atoms with Gasteiger partial charge in [0.25, 0.3) is 5.91 Å². The van der Waals surface area contributed by atoms with Crippen LogP contribution in [0, 0.1) is 6.92 Å². The Bertz CT molecular complexity index is 1330. The monoisotopic (exact) mass is 532 g/mol. The third-order valence-corrected chi connectivity index (χ3v) is 6.88. The maximum absolute atomic E-state index is 13.6. The molecule has 1 amide bonds. The van der Waals surface area contributed by atoms with Gasteiger partial charge in [0, 0.05) is 13.1 Å². The van der Waals surface area contributed by atoms with Crippen LogP contribution in [0.3, 0.4) is 0 Å². The lowest BCUT2D eigenvalue weighted by molar-refractivity contribution is -0.129. The van der Waals surface area contributed by atoms with E-state index in [1.54, 1.807) is 36.1 Å². The van der Waals surface area contributed by atoms with Crippen molar-refractivity contribution in [2.45, 2.75) is 40.3 Å². The molecule has 8 nitrogen and oxygen atoms in total. The van der Waals surface area contributed by atoms with Crippen LogP contribution < -0.4 is 9.47 Å². The van der Waals surface area contributed by atoms with Crippen molar-refractivity contribution in [3.63, 3.8) is 0 Å². The van der Waals surface area contributed by atoms with Crippen molar-refractivity contribution in [3.8, 4) is 11.5 Å². The number of furan rings is 1. The van der Waals surface area contributed by atoms with E-state index in [0.29, 0.717) is 49.1 Å². The van der Waals surface area contributed by atoms with E-state index in [0.717, 1.165) is 18.7 Å². The zero-order valence-corrected chi connectivity index (χ0v) is 23.0. The van der Waals surface area contributed by atoms with Crippen LogP contribution >= 0.6 is 0 Å². The Labute approximate surface area is 229 Å². The molecule has 1 atom stereocenters. The Balaban J connectivity index is 1.71. The van der Waals surface area contributed by atoms with Crippen LogP contribution in [0.4, 0.5) is 0 Å². The number of amides is 1. The first-order valence-corrected chi connectivity index (χ1v) is 13.4. The first-order valence-electron chi connectivity index (χ1n) is 13.4. The summed E-state index contributed by atoms with van der Waals surface area (Å²) >= 11 is 0. The van der Waals surface area contributed by atoms with Crippen LogP contribution in [0.1, 0.15) is 54.3 Å². The predicted octanol–water partition coefficient (Wildman–Crippen LogP) is 5.49. The fourth-order valence-electron chi connectivity index (χ4n) is 4.76. The van der Waals surface area contributed by atoms with Gasteiger partial charge in [0.05, 0.1) is 18.2 Å². The smallest absolute Gasteiger partial charge is 0.290 e. The van der Waals surface area contributed by atoms with Crippen LogP contribution in [0.25, 0.3) is 0 Å². The number of ketones is 1. The molecule has 1 aliphatic rings. The Hall–Kier alpha value is -4.04. The Morgan fingerprint density at radius 3 is 2.38 bits per heavy atom. The molecule has 1 N–H and O–H groups in total. The second kappa shape index (κ2) is 12.7. The highest BCUT2D eigenvalue weighted by atomic mass is 16.5. The van der Waals surface area contributed by atoms with Gasteiger partial charge in [-0.2, -0.15) is 0 Å². The zero-order valence-electron chi connectivity index (χ0n) is 23.0. The molecule has 0 fully saturated rings. The lowest BCUT2D eigenvalue weighted by Gasteiger charge is -2.29. The quantitative estimate of drug-likeness (QED) is 0.291. The summed E-state index contributed by atoms with van der Waals surface area (Å²) in [6, 6.07) is 17.6. The van der Waals surface area contributed by atoms with E-state index in [-0.39, 0.29) is 11.3 Å². The van der Waals surface area contributed by atoms with Gasteiger partial charge in [-0.25, -0.2) is 0 Å². The number of benzene rings is 2. The highest BCUT2D eigenvalue weighted by Gasteiger charge is 2.44. The zero-order chi connectivity index (χ0) is 27.9. The summed E-state index contributed by atoms with van der Waals surface area (Å²) in [7, 11) is 0. The summed E-state index contributed by atoms with van der Waals surface area (Å²) in [5.74, 6) is 0.0237. The van der Waals surface area contributed by atoms with E-state index < -0.39 is 23.5 Å². The summed E-state index contributed by atoms with van der Waals surface area (Å²) in [6.45, 7) is 11.1. The minimum absolute atomic E-state index is 0.00528. The first-order chi connectivity index (χ1) is 18.9. The molecule has 0 saturated heterocycles. The second-order valence-electron chi connectivity index (χ2n) is 9.34. The number of likely N-dealkylation sites (N-methyl/N-ethyl adjacent to an activating group) is 1. The molecule has 1 unspecified atom stereocenters. The van der Waals surface area contributed by atoms with Crippen molar-refractivity contribution in [2.75, 3.05) is 32.8 Å². The molecule has 3 aromatic rings. The maximum Gasteiger partial charge on any atom is 0.290 e. The Kier molecular flexibility index (Phi) is 9.09. The summed E-state index contributed by atoms with van der Waals surface area (Å²) in [5, 5.41) is 11.0. The lowest BCUT2D eigenvalue weighted by atomic mass is 9.94. The van der Waals surface area contributed by atoms with E-state index in [4.69, 9.17) is 13.9 Å². The van der Waals surface area contributed by atoms with E-state index in [9.17, 15) is 14.7 Å². The SMILES string of the molecule is CCOc1cc(C2C(C(=O)c3ccc(C)o3)=C(O)C(=O)N2CCN(CC)CC)ccc1OCc1ccccc1. The largest absolute Gasteiger partial charge is 0.503 e. The number of nitrogens with zero attached hydrogens (tertiary/aromatic N) is 2. The summed E-state index contributed by atoms with van der Waals surface area (Å²) < 4.78 is 17.5. The standard InChI is InChI=1S/C31H36N2O6/c1-5-32(6-2)17-18-33-28(27(30(35)31(33)36)29(34)25-15-13-21(4)39-25)23-14-16-24(26(19-23)37-7-3)38-20-22-11-9-8-10-12-22/h8-16,19,28,35H,5-7,17-18,20H2,1-4H3. The molecular weight excluding hydrogens is 496 g/mol. The molecule has 39 heavy (non-hydrogen) atoms. The van der Waals surface area contributed by atoms with Crippen molar-refractivity contribution >= 4 is 11.7 Å². The van der Waals surface area contributed by atoms with Gasteiger partial charge in [0.2, 0.25) is 5.78 Å². The molecule has 4 rings (SSSR count). The average molecular weight is 533 g/mol. The molecule has 0 radical (unpaired) electrons. The van der Waals surface area contributed by atoms with Crippen LogP contribution in [0.15, 0.2) is 76.4 Å². The summed E-state index contributed by atoms with van der Waals surface area (Å²) in [6.07, 6.45) is 0. The van der Waals surface area contributed by atoms with E-state index in [1.807, 2.05) is 43.3 Å². The number of aliphatic hydroxyl groups excluding tert-OH is 1. The molecular formula is C31H36N2O6. The number of Topliss-reactive ketones (excluding diaryl/α,β-unsaturated/α-hetero) is 1. The van der Waals surface area contributed by atoms with Gasteiger partial charge in [-0.15, -0.1) is 0 Å². The van der Waals surface area contributed by atoms with Crippen molar-refractivity contribution in [3.05, 3.63) is 94.6 Å². The van der Waals surface area contributed by atoms with E-state index >= 15 is 0 Å². The summed E-state index contributed by atoms with van der Waals surface area (Å²) in [5.41, 5.74) is 1.64. The highest BCUT2D eigenvalue weighted by Crippen LogP contribution is 2.42. The van der Waals surface area contributed by atoms with Crippen molar-refractivity contribution in [1.29, 1.82) is 0 Å². The molecule has 2 aromatic carbocycles. The maximum atomic E-state index is 13.6. The van der Waals surface area contributed by atoms with E-state index in [2.05, 4.69) is 18.7 Å². The number of aliphatic hydroxyl groups is 1. The second-order valence-corrected chi connectivity index (χ2v) is 9.34. The number of hydrogen-bond acceptors (Lipinski definition) is 7. The fourth-order valence-corrected chi connectivity index (χ4v) is 4.76. The topological polar surface area (TPSA) is 92.5 Å². The summed E-state index contributed by atoms with van der Waals surface area (Å²) in [4.78, 5) is 30.6. The Morgan fingerprint density at radius 2 is 1.74 bits per heavy atom. The minimum Gasteiger partial charge on any atom is -0.503 e. The number of carbonyl (C=O) groups excluding carboxylic acids is 2. The number of aryl methyl sites for hydroxylation is 1. The van der Waals surface area contributed by atoms with Crippen LogP contribution in [-0.4, -0.2) is 59.4 Å². The molecule has 0 bridgehead atoms. The van der Waals surface area contributed by atoms with Gasteiger partial charge in [0.1, 0.15) is 12.4 Å². The van der Waals surface area contributed by atoms with Gasteiger partial charge in [0.15, 0.2) is 23.0 Å². The number of ether oxygens (including phenoxy) is 2. The molecule has 1 aromatic heterocycles. The number of hydrogen-bond donors (Lipinski definition) is 1. The predicted molar refractivity (Wildman–Crippen MR) is 148 cm³/mol. The van der Waals surface area contributed by atoms with Gasteiger partial charge in [-0.3, -0.25) is 9.59 Å².